The Morgan fingerprint density at radius 1 is 1.57 bits per heavy atom. The fourth-order valence-corrected chi connectivity index (χ4v) is 2.25. The van der Waals surface area contributed by atoms with Crippen molar-refractivity contribution < 1.29 is 14.8 Å². The lowest BCUT2D eigenvalue weighted by Crippen LogP contribution is -2.23. The third kappa shape index (κ3) is 2.84. The van der Waals surface area contributed by atoms with E-state index in [1.165, 1.54) is 11.7 Å². The van der Waals surface area contributed by atoms with Crippen molar-refractivity contribution in [3.05, 3.63) is 54.7 Å². The first kappa shape index (κ1) is 14.9. The molecule has 0 spiro atoms. The summed E-state index contributed by atoms with van der Waals surface area (Å²) in [5, 5.41) is 23.7. The quantitative estimate of drug-likeness (QED) is 0.644. The van der Waals surface area contributed by atoms with E-state index in [1.807, 2.05) is 0 Å². The van der Waals surface area contributed by atoms with Gasteiger partial charge < -0.3 is 9.67 Å². The van der Waals surface area contributed by atoms with Crippen molar-refractivity contribution in [3.8, 4) is 0 Å². The monoisotopic (exact) mass is 356 g/mol. The van der Waals surface area contributed by atoms with Gasteiger partial charge in [-0.1, -0.05) is 0 Å². The molecule has 0 bridgehead atoms. The maximum Gasteiger partial charge on any atom is 0.339 e. The number of hydrogen-bond donors (Lipinski definition) is 1. The Morgan fingerprint density at radius 3 is 2.81 bits per heavy atom. The summed E-state index contributed by atoms with van der Waals surface area (Å²) in [4.78, 5) is 33.3. The number of aromatic carboxylic acids is 1. The number of aryl methyl sites for hydroxylation is 1. The van der Waals surface area contributed by atoms with Crippen LogP contribution in [0.4, 0.5) is 5.69 Å². The van der Waals surface area contributed by atoms with Crippen molar-refractivity contribution in [2.24, 2.45) is 7.05 Å². The highest BCUT2D eigenvalue weighted by Crippen LogP contribution is 2.16. The fourth-order valence-electron chi connectivity index (χ4n) is 1.79. The smallest absolute Gasteiger partial charge is 0.339 e. The Hall–Kier alpha value is -2.49. The first-order valence-corrected chi connectivity index (χ1v) is 6.39. The van der Waals surface area contributed by atoms with Crippen molar-refractivity contribution in [1.29, 1.82) is 0 Å². The number of hydrogen-bond acceptors (Lipinski definition) is 5. The standard InChI is InChI=1S/C11H9BrN4O5/c1-14-9(7(3-13-14)11(18)19)5-15-4-6(16(20)21)2-8(12)10(15)17/h2-4H,5H2,1H3,(H,18,19). The molecule has 0 saturated heterocycles. The summed E-state index contributed by atoms with van der Waals surface area (Å²) in [6.45, 7) is -0.142. The van der Waals surface area contributed by atoms with Gasteiger partial charge in [-0.15, -0.1) is 0 Å². The van der Waals surface area contributed by atoms with Crippen LogP contribution in [-0.4, -0.2) is 30.3 Å². The fraction of sp³-hybridized carbons (Fsp3) is 0.182. The van der Waals surface area contributed by atoms with Crippen molar-refractivity contribution in [2.45, 2.75) is 6.54 Å². The van der Waals surface area contributed by atoms with E-state index in [4.69, 9.17) is 5.11 Å². The van der Waals surface area contributed by atoms with Gasteiger partial charge >= 0.3 is 5.97 Å². The Kier molecular flexibility index (Phi) is 3.89. The SMILES string of the molecule is Cn1ncc(C(=O)O)c1Cn1cc([N+](=O)[O-])cc(Br)c1=O. The van der Waals surface area contributed by atoms with Gasteiger partial charge in [0.05, 0.1) is 34.0 Å². The maximum absolute atomic E-state index is 12.0. The van der Waals surface area contributed by atoms with E-state index in [-0.39, 0.29) is 28.0 Å². The predicted molar refractivity (Wildman–Crippen MR) is 74.3 cm³/mol. The second-order valence-electron chi connectivity index (χ2n) is 4.17. The summed E-state index contributed by atoms with van der Waals surface area (Å²) in [7, 11) is 1.53. The van der Waals surface area contributed by atoms with E-state index < -0.39 is 16.5 Å². The first-order chi connectivity index (χ1) is 9.81. The Morgan fingerprint density at radius 2 is 2.24 bits per heavy atom. The number of nitrogens with zero attached hydrogens (tertiary/aromatic N) is 4. The van der Waals surface area contributed by atoms with Gasteiger partial charge in [-0.2, -0.15) is 5.10 Å². The van der Waals surface area contributed by atoms with Crippen LogP contribution in [0, 0.1) is 10.1 Å². The molecule has 2 heterocycles. The zero-order valence-electron chi connectivity index (χ0n) is 10.7. The van der Waals surface area contributed by atoms with Gasteiger partial charge in [-0.3, -0.25) is 19.6 Å². The molecule has 0 radical (unpaired) electrons. The molecule has 2 rings (SSSR count). The van der Waals surface area contributed by atoms with Crippen LogP contribution in [0.25, 0.3) is 0 Å². The molecule has 0 aromatic carbocycles. The summed E-state index contributed by atoms with van der Waals surface area (Å²) >= 11 is 2.96. The number of carboxylic acid groups (broad SMARTS) is 1. The van der Waals surface area contributed by atoms with E-state index in [2.05, 4.69) is 21.0 Å². The maximum atomic E-state index is 12.0. The largest absolute Gasteiger partial charge is 0.478 e. The molecular formula is C11H9BrN4O5. The zero-order valence-corrected chi connectivity index (χ0v) is 12.3. The van der Waals surface area contributed by atoms with E-state index in [1.54, 1.807) is 0 Å². The van der Waals surface area contributed by atoms with Crippen LogP contribution >= 0.6 is 15.9 Å². The number of rotatable bonds is 4. The molecule has 0 saturated carbocycles. The Balaban J connectivity index is 2.54. The van der Waals surface area contributed by atoms with E-state index in [0.717, 1.165) is 23.0 Å². The molecular weight excluding hydrogens is 348 g/mol. The van der Waals surface area contributed by atoms with E-state index in [9.17, 15) is 19.7 Å². The van der Waals surface area contributed by atoms with Gasteiger partial charge in [0, 0.05) is 13.1 Å². The van der Waals surface area contributed by atoms with Crippen molar-refractivity contribution in [3.63, 3.8) is 0 Å². The summed E-state index contributed by atoms with van der Waals surface area (Å²) in [6, 6.07) is 1.10. The van der Waals surface area contributed by atoms with Crippen LogP contribution in [0.3, 0.4) is 0 Å². The second-order valence-corrected chi connectivity index (χ2v) is 5.02. The van der Waals surface area contributed by atoms with Crippen LogP contribution < -0.4 is 5.56 Å². The molecule has 0 unspecified atom stereocenters. The molecule has 0 aliphatic carbocycles. The molecule has 0 atom stereocenters. The molecule has 1 N–H and O–H groups in total. The number of halogens is 1. The van der Waals surface area contributed by atoms with E-state index in [0.29, 0.717) is 0 Å². The van der Waals surface area contributed by atoms with Gasteiger partial charge in [0.15, 0.2) is 0 Å². The van der Waals surface area contributed by atoms with Crippen LogP contribution in [0.15, 0.2) is 27.7 Å². The number of nitro groups is 1. The highest BCUT2D eigenvalue weighted by atomic mass is 79.9. The van der Waals surface area contributed by atoms with Crippen molar-refractivity contribution >= 4 is 27.6 Å². The van der Waals surface area contributed by atoms with Gasteiger partial charge in [0.2, 0.25) is 0 Å². The second kappa shape index (κ2) is 5.48. The molecule has 9 nitrogen and oxygen atoms in total. The molecule has 110 valence electrons. The Bertz CT molecular complexity index is 794. The number of aromatic nitrogens is 3. The van der Waals surface area contributed by atoms with Gasteiger partial charge in [-0.05, 0) is 15.9 Å². The Labute approximate surface area is 125 Å². The van der Waals surface area contributed by atoms with Crippen LogP contribution in [0.5, 0.6) is 0 Å². The molecule has 0 aliphatic rings. The minimum atomic E-state index is -1.18. The van der Waals surface area contributed by atoms with Gasteiger partial charge in [0.25, 0.3) is 11.2 Å². The lowest BCUT2D eigenvalue weighted by molar-refractivity contribution is -0.385. The van der Waals surface area contributed by atoms with Crippen LogP contribution in [-0.2, 0) is 13.6 Å². The number of carboxylic acids is 1. The summed E-state index contributed by atoms with van der Waals surface area (Å²) in [5.74, 6) is -1.18. The minimum Gasteiger partial charge on any atom is -0.478 e. The molecule has 0 aliphatic heterocycles. The predicted octanol–water partition coefficient (Wildman–Crippen LogP) is 0.999. The molecule has 10 heteroatoms. The summed E-state index contributed by atoms with van der Waals surface area (Å²) in [6.07, 6.45) is 2.22. The molecule has 0 amide bonds. The molecule has 2 aromatic heterocycles. The third-order valence-electron chi connectivity index (χ3n) is 2.85. The lowest BCUT2D eigenvalue weighted by atomic mass is 10.2. The van der Waals surface area contributed by atoms with Crippen LogP contribution in [0.1, 0.15) is 16.1 Å². The summed E-state index contributed by atoms with van der Waals surface area (Å²) < 4.78 is 2.39. The topological polar surface area (TPSA) is 120 Å². The molecule has 0 fully saturated rings. The van der Waals surface area contributed by atoms with Gasteiger partial charge in [0.1, 0.15) is 5.56 Å². The average molecular weight is 357 g/mol. The first-order valence-electron chi connectivity index (χ1n) is 5.59. The van der Waals surface area contributed by atoms with Crippen LogP contribution in [0.2, 0.25) is 0 Å². The highest BCUT2D eigenvalue weighted by molar-refractivity contribution is 9.10. The molecule has 2 aromatic rings. The van der Waals surface area contributed by atoms with Crippen molar-refractivity contribution in [1.82, 2.24) is 14.3 Å². The zero-order chi connectivity index (χ0) is 15.7. The number of carbonyl (C=O) groups is 1. The average Bonchev–Trinajstić information content (AvgIpc) is 2.76. The normalized spacial score (nSPS) is 10.6. The molecule has 21 heavy (non-hydrogen) atoms. The van der Waals surface area contributed by atoms with Crippen molar-refractivity contribution in [2.75, 3.05) is 0 Å². The summed E-state index contributed by atoms with van der Waals surface area (Å²) in [5.41, 5.74) is -0.581. The minimum absolute atomic E-state index is 0.0238. The lowest BCUT2D eigenvalue weighted by Gasteiger charge is -2.08. The van der Waals surface area contributed by atoms with E-state index >= 15 is 0 Å². The van der Waals surface area contributed by atoms with Gasteiger partial charge in [-0.25, -0.2) is 4.79 Å². The third-order valence-corrected chi connectivity index (χ3v) is 3.42. The number of pyridine rings is 1. The highest BCUT2D eigenvalue weighted by Gasteiger charge is 2.18.